The summed E-state index contributed by atoms with van der Waals surface area (Å²) in [4.78, 5) is 0. The maximum Gasteiger partial charge on any atom is 0.158 e. The smallest absolute Gasteiger partial charge is 0.158 e. The van der Waals surface area contributed by atoms with Gasteiger partial charge < -0.3 is 4.55 Å². The van der Waals surface area contributed by atoms with Crippen molar-refractivity contribution < 1.29 is 13.2 Å². The second-order valence-corrected chi connectivity index (χ2v) is 3.42. The van der Waals surface area contributed by atoms with Crippen LogP contribution in [-0.2, 0) is 11.1 Å². The summed E-state index contributed by atoms with van der Waals surface area (Å²) < 4.78 is 31.2. The zero-order chi connectivity index (χ0) is 6.85. The van der Waals surface area contributed by atoms with Crippen molar-refractivity contribution in [3.63, 3.8) is 0 Å². The predicted octanol–water partition coefficient (Wildman–Crippen LogP) is 1.10. The number of hydrogen-bond acceptors (Lipinski definition) is 1. The summed E-state index contributed by atoms with van der Waals surface area (Å²) in [5.41, 5.74) is 0. The van der Waals surface area contributed by atoms with Crippen LogP contribution in [0.1, 0.15) is 19.3 Å². The van der Waals surface area contributed by atoms with Gasteiger partial charge in [-0.1, -0.05) is 0 Å². The first-order valence-electron chi connectivity index (χ1n) is 2.95. The Morgan fingerprint density at radius 1 is 1.56 bits per heavy atom. The molecule has 0 heterocycles. The number of hydrogen-bond donors (Lipinski definition) is 1. The lowest BCUT2D eigenvalue weighted by Gasteiger charge is -2.04. The molecule has 0 aromatic heterocycles. The van der Waals surface area contributed by atoms with E-state index in [1.165, 1.54) is 0 Å². The van der Waals surface area contributed by atoms with E-state index >= 15 is 0 Å². The second-order valence-electron chi connectivity index (χ2n) is 2.26. The van der Waals surface area contributed by atoms with Gasteiger partial charge in [-0.05, 0) is 19.3 Å². The van der Waals surface area contributed by atoms with Crippen LogP contribution in [0, 0.1) is 0 Å². The zero-order valence-corrected chi connectivity index (χ0v) is 5.73. The van der Waals surface area contributed by atoms with Gasteiger partial charge in [0.15, 0.2) is 11.1 Å². The quantitative estimate of drug-likeness (QED) is 0.571. The Morgan fingerprint density at radius 2 is 2.22 bits per heavy atom. The van der Waals surface area contributed by atoms with E-state index in [0.717, 1.165) is 6.42 Å². The molecule has 1 aliphatic carbocycles. The number of halogens is 1. The van der Waals surface area contributed by atoms with Crippen LogP contribution < -0.4 is 0 Å². The second kappa shape index (κ2) is 2.75. The molecule has 0 radical (unpaired) electrons. The molecule has 0 aromatic rings. The van der Waals surface area contributed by atoms with Crippen molar-refractivity contribution in [2.75, 3.05) is 0 Å². The molecule has 4 heteroatoms. The third kappa shape index (κ3) is 1.49. The molecule has 0 aromatic carbocycles. The van der Waals surface area contributed by atoms with Gasteiger partial charge in [0, 0.05) is 0 Å². The molecule has 0 bridgehead atoms. The van der Waals surface area contributed by atoms with Crippen molar-refractivity contribution in [1.29, 1.82) is 0 Å². The molecular weight excluding hydrogens is 143 g/mol. The van der Waals surface area contributed by atoms with Crippen molar-refractivity contribution in [1.82, 2.24) is 0 Å². The van der Waals surface area contributed by atoms with Gasteiger partial charge in [0.1, 0.15) is 6.17 Å². The topological polar surface area (TPSA) is 37.3 Å². The monoisotopic (exact) mass is 152 g/mol. The summed E-state index contributed by atoms with van der Waals surface area (Å²) >= 11 is -1.95. The third-order valence-corrected chi connectivity index (χ3v) is 2.68. The van der Waals surface area contributed by atoms with E-state index in [2.05, 4.69) is 0 Å². The molecule has 1 rings (SSSR count). The highest BCUT2D eigenvalue weighted by Crippen LogP contribution is 2.25. The normalized spacial score (nSPS) is 38.9. The van der Waals surface area contributed by atoms with Gasteiger partial charge in [-0.25, -0.2) is 8.60 Å². The SMILES string of the molecule is O=S(O)C1CCCC1F. The highest BCUT2D eigenvalue weighted by Gasteiger charge is 2.31. The van der Waals surface area contributed by atoms with Gasteiger partial charge in [-0.2, -0.15) is 0 Å². The van der Waals surface area contributed by atoms with E-state index in [1.54, 1.807) is 0 Å². The largest absolute Gasteiger partial charge is 0.306 e. The zero-order valence-electron chi connectivity index (χ0n) is 4.92. The van der Waals surface area contributed by atoms with Crippen molar-refractivity contribution >= 4 is 11.1 Å². The summed E-state index contributed by atoms with van der Waals surface area (Å²) in [5, 5.41) is -0.606. The van der Waals surface area contributed by atoms with Crippen LogP contribution in [0.4, 0.5) is 4.39 Å². The average molecular weight is 152 g/mol. The van der Waals surface area contributed by atoms with Crippen LogP contribution in [0.25, 0.3) is 0 Å². The Labute approximate surface area is 55.7 Å². The standard InChI is InChI=1S/C5H9FO2S/c6-4-2-1-3-5(4)9(7)8/h4-5H,1-3H2,(H,7,8). The van der Waals surface area contributed by atoms with Gasteiger partial charge in [-0.3, -0.25) is 0 Å². The van der Waals surface area contributed by atoms with Crippen LogP contribution in [-0.4, -0.2) is 20.2 Å². The van der Waals surface area contributed by atoms with Crippen LogP contribution in [0.2, 0.25) is 0 Å². The summed E-state index contributed by atoms with van der Waals surface area (Å²) in [5.74, 6) is 0. The first kappa shape index (κ1) is 7.15. The van der Waals surface area contributed by atoms with Crippen molar-refractivity contribution in [3.8, 4) is 0 Å². The maximum absolute atomic E-state index is 12.5. The molecule has 0 spiro atoms. The Morgan fingerprint density at radius 3 is 2.44 bits per heavy atom. The molecular formula is C5H9FO2S. The minimum Gasteiger partial charge on any atom is -0.306 e. The van der Waals surface area contributed by atoms with E-state index < -0.39 is 22.5 Å². The molecule has 3 unspecified atom stereocenters. The molecule has 1 fully saturated rings. The van der Waals surface area contributed by atoms with E-state index in [0.29, 0.717) is 12.8 Å². The Balaban J connectivity index is 2.49. The molecule has 0 saturated heterocycles. The molecule has 1 aliphatic rings. The summed E-state index contributed by atoms with van der Waals surface area (Å²) in [7, 11) is 0. The summed E-state index contributed by atoms with van der Waals surface area (Å²) in [6, 6.07) is 0. The van der Waals surface area contributed by atoms with Gasteiger partial charge in [0.05, 0.1) is 5.25 Å². The maximum atomic E-state index is 12.5. The molecule has 9 heavy (non-hydrogen) atoms. The van der Waals surface area contributed by atoms with E-state index in [4.69, 9.17) is 4.55 Å². The van der Waals surface area contributed by atoms with Gasteiger partial charge in [0.25, 0.3) is 0 Å². The Bertz CT molecular complexity index is 128. The fourth-order valence-corrected chi connectivity index (χ4v) is 1.86. The molecule has 1 saturated carbocycles. The fraction of sp³-hybridized carbons (Fsp3) is 1.00. The van der Waals surface area contributed by atoms with Crippen LogP contribution in [0.15, 0.2) is 0 Å². The average Bonchev–Trinajstić information content (AvgIpc) is 2.13. The molecule has 3 atom stereocenters. The number of rotatable bonds is 1. The molecule has 1 N–H and O–H groups in total. The lowest BCUT2D eigenvalue weighted by atomic mass is 10.3. The lowest BCUT2D eigenvalue weighted by Crippen LogP contribution is -2.19. The summed E-state index contributed by atoms with van der Waals surface area (Å²) in [6.45, 7) is 0. The van der Waals surface area contributed by atoms with Crippen LogP contribution in [0.5, 0.6) is 0 Å². The molecule has 54 valence electrons. The first-order chi connectivity index (χ1) is 4.22. The Kier molecular flexibility index (Phi) is 2.18. The number of alkyl halides is 1. The highest BCUT2D eigenvalue weighted by molar-refractivity contribution is 7.80. The van der Waals surface area contributed by atoms with E-state index in [1.807, 2.05) is 0 Å². The van der Waals surface area contributed by atoms with Gasteiger partial charge in [-0.15, -0.1) is 0 Å². The molecule has 0 amide bonds. The van der Waals surface area contributed by atoms with Gasteiger partial charge >= 0.3 is 0 Å². The highest BCUT2D eigenvalue weighted by atomic mass is 32.2. The van der Waals surface area contributed by atoms with E-state index in [-0.39, 0.29) is 0 Å². The third-order valence-electron chi connectivity index (χ3n) is 1.63. The minimum atomic E-state index is -1.95. The Hall–Kier alpha value is 0.0400. The van der Waals surface area contributed by atoms with Crippen LogP contribution >= 0.6 is 0 Å². The van der Waals surface area contributed by atoms with Crippen LogP contribution in [0.3, 0.4) is 0 Å². The summed E-state index contributed by atoms with van der Waals surface area (Å²) in [6.07, 6.45) is 0.718. The first-order valence-corrected chi connectivity index (χ1v) is 4.12. The minimum absolute atomic E-state index is 0.455. The van der Waals surface area contributed by atoms with Crippen molar-refractivity contribution in [3.05, 3.63) is 0 Å². The lowest BCUT2D eigenvalue weighted by molar-refractivity contribution is 0.340. The van der Waals surface area contributed by atoms with Crippen molar-refractivity contribution in [2.24, 2.45) is 0 Å². The fourth-order valence-electron chi connectivity index (χ4n) is 1.11. The predicted molar refractivity (Wildman–Crippen MR) is 33.3 cm³/mol. The van der Waals surface area contributed by atoms with Gasteiger partial charge in [0.2, 0.25) is 0 Å². The molecule has 2 nitrogen and oxygen atoms in total. The van der Waals surface area contributed by atoms with E-state index in [9.17, 15) is 8.60 Å². The van der Waals surface area contributed by atoms with Crippen molar-refractivity contribution in [2.45, 2.75) is 30.7 Å². The molecule has 0 aliphatic heterocycles.